The van der Waals surface area contributed by atoms with Gasteiger partial charge in [0.25, 0.3) is 0 Å². The van der Waals surface area contributed by atoms with Crippen LogP contribution in [0.25, 0.3) is 10.2 Å². The van der Waals surface area contributed by atoms with Gasteiger partial charge in [0.1, 0.15) is 10.6 Å². The Bertz CT molecular complexity index is 596. The molecule has 2 unspecified atom stereocenters. The van der Waals surface area contributed by atoms with Crippen molar-refractivity contribution in [1.82, 2.24) is 9.97 Å². The highest BCUT2D eigenvalue weighted by Crippen LogP contribution is 2.34. The lowest BCUT2D eigenvalue weighted by Crippen LogP contribution is -2.26. The van der Waals surface area contributed by atoms with Crippen LogP contribution in [0.3, 0.4) is 0 Å². The first kappa shape index (κ1) is 13.0. The number of nitrogens with two attached hydrogens (primary N) is 1. The van der Waals surface area contributed by atoms with E-state index in [1.54, 1.807) is 11.3 Å². The van der Waals surface area contributed by atoms with E-state index in [4.69, 9.17) is 5.73 Å². The van der Waals surface area contributed by atoms with Gasteiger partial charge in [-0.15, -0.1) is 11.3 Å². The van der Waals surface area contributed by atoms with E-state index in [0.717, 1.165) is 16.0 Å². The zero-order valence-electron chi connectivity index (χ0n) is 11.1. The van der Waals surface area contributed by atoms with Gasteiger partial charge in [-0.1, -0.05) is 6.42 Å². The highest BCUT2D eigenvalue weighted by atomic mass is 32.2. The van der Waals surface area contributed by atoms with Gasteiger partial charge in [-0.05, 0) is 32.1 Å². The second-order valence-electron chi connectivity index (χ2n) is 4.96. The summed E-state index contributed by atoms with van der Waals surface area (Å²) in [6.07, 6.45) is 5.96. The summed E-state index contributed by atoms with van der Waals surface area (Å²) < 4.78 is 0. The molecule has 2 aromatic heterocycles. The normalized spacial score (nSPS) is 23.1. The van der Waals surface area contributed by atoms with Gasteiger partial charge < -0.3 is 11.1 Å². The van der Waals surface area contributed by atoms with Gasteiger partial charge >= 0.3 is 0 Å². The van der Waals surface area contributed by atoms with E-state index in [9.17, 15) is 0 Å². The molecule has 1 fully saturated rings. The molecule has 6 heteroatoms. The molecule has 0 radical (unpaired) electrons. The third-order valence-electron chi connectivity index (χ3n) is 3.61. The van der Waals surface area contributed by atoms with Crippen molar-refractivity contribution in [1.29, 1.82) is 0 Å². The first-order valence-corrected chi connectivity index (χ1v) is 8.61. The van der Waals surface area contributed by atoms with Crippen molar-refractivity contribution in [2.75, 3.05) is 17.3 Å². The van der Waals surface area contributed by atoms with Crippen molar-refractivity contribution in [2.24, 2.45) is 0 Å². The Morgan fingerprint density at radius 2 is 2.26 bits per heavy atom. The minimum atomic E-state index is 0.357. The number of rotatable bonds is 3. The number of nitrogen functional groups attached to an aromatic ring is 1. The second kappa shape index (κ2) is 5.17. The third kappa shape index (κ3) is 2.51. The van der Waals surface area contributed by atoms with Gasteiger partial charge in [-0.25, -0.2) is 4.98 Å². The van der Waals surface area contributed by atoms with Crippen molar-refractivity contribution in [3.8, 4) is 0 Å². The minimum absolute atomic E-state index is 0.357. The van der Waals surface area contributed by atoms with E-state index in [-0.39, 0.29) is 0 Å². The standard InChI is InChI=1S/C13H18N4S2/c1-7-6-8-11(16-13(14)17-12(8)19-7)15-9-4-3-5-10(9)18-2/h6,9-10H,3-5H2,1-2H3,(H3,14,15,16,17). The van der Waals surface area contributed by atoms with Crippen LogP contribution < -0.4 is 11.1 Å². The van der Waals surface area contributed by atoms with E-state index in [1.807, 2.05) is 11.8 Å². The van der Waals surface area contributed by atoms with Crippen molar-refractivity contribution in [2.45, 2.75) is 37.5 Å². The molecule has 0 saturated heterocycles. The average Bonchev–Trinajstić information content (AvgIpc) is 2.94. The molecular weight excluding hydrogens is 276 g/mol. The number of fused-ring (bicyclic) bond motifs is 1. The summed E-state index contributed by atoms with van der Waals surface area (Å²) in [4.78, 5) is 10.9. The fourth-order valence-electron chi connectivity index (χ4n) is 2.72. The van der Waals surface area contributed by atoms with E-state index in [2.05, 4.69) is 34.5 Å². The molecule has 0 aromatic carbocycles. The Balaban J connectivity index is 1.95. The average molecular weight is 294 g/mol. The lowest BCUT2D eigenvalue weighted by Gasteiger charge is -2.20. The molecule has 0 spiro atoms. The van der Waals surface area contributed by atoms with Crippen LogP contribution in [0.5, 0.6) is 0 Å². The summed E-state index contributed by atoms with van der Waals surface area (Å²) in [5, 5.41) is 5.37. The van der Waals surface area contributed by atoms with Crippen molar-refractivity contribution in [3.05, 3.63) is 10.9 Å². The molecular formula is C13H18N4S2. The van der Waals surface area contributed by atoms with Crippen molar-refractivity contribution >= 4 is 45.1 Å². The van der Waals surface area contributed by atoms with Gasteiger partial charge in [0, 0.05) is 16.2 Å². The largest absolute Gasteiger partial charge is 0.368 e. The van der Waals surface area contributed by atoms with Crippen LogP contribution in [0.4, 0.5) is 11.8 Å². The van der Waals surface area contributed by atoms with Crippen LogP contribution in [0, 0.1) is 6.92 Å². The molecule has 3 N–H and O–H groups in total. The maximum absolute atomic E-state index is 5.81. The zero-order chi connectivity index (χ0) is 13.4. The molecule has 0 amide bonds. The fourth-order valence-corrected chi connectivity index (χ4v) is 4.54. The second-order valence-corrected chi connectivity index (χ2v) is 7.27. The Hall–Kier alpha value is -1.01. The summed E-state index contributed by atoms with van der Waals surface area (Å²) in [7, 11) is 0. The Kier molecular flexibility index (Phi) is 3.54. The fraction of sp³-hybridized carbons (Fsp3) is 0.538. The van der Waals surface area contributed by atoms with E-state index in [0.29, 0.717) is 17.2 Å². The van der Waals surface area contributed by atoms with Crippen LogP contribution in [-0.4, -0.2) is 27.5 Å². The Labute approximate surface area is 121 Å². The quantitative estimate of drug-likeness (QED) is 0.909. The predicted molar refractivity (Wildman–Crippen MR) is 85.1 cm³/mol. The number of anilines is 2. The smallest absolute Gasteiger partial charge is 0.223 e. The first-order chi connectivity index (χ1) is 9.17. The number of nitrogens with zero attached hydrogens (tertiary/aromatic N) is 2. The van der Waals surface area contributed by atoms with Crippen LogP contribution in [-0.2, 0) is 0 Å². The molecule has 0 bridgehead atoms. The van der Waals surface area contributed by atoms with Gasteiger partial charge in [0.05, 0.1) is 5.39 Å². The molecule has 2 atom stereocenters. The molecule has 2 heterocycles. The Morgan fingerprint density at radius 1 is 1.42 bits per heavy atom. The molecule has 1 saturated carbocycles. The summed E-state index contributed by atoms with van der Waals surface area (Å²) in [5.41, 5.74) is 5.81. The molecule has 102 valence electrons. The minimum Gasteiger partial charge on any atom is -0.368 e. The van der Waals surface area contributed by atoms with Crippen molar-refractivity contribution in [3.63, 3.8) is 0 Å². The molecule has 3 rings (SSSR count). The molecule has 2 aromatic rings. The molecule has 1 aliphatic rings. The lowest BCUT2D eigenvalue weighted by atomic mass is 10.2. The Morgan fingerprint density at radius 3 is 3.05 bits per heavy atom. The van der Waals surface area contributed by atoms with Gasteiger partial charge in [-0.3, -0.25) is 0 Å². The SMILES string of the molecule is CSC1CCCC1Nc1nc(N)nc2sc(C)cc12. The van der Waals surface area contributed by atoms with Crippen LogP contribution in [0.15, 0.2) is 6.07 Å². The topological polar surface area (TPSA) is 63.8 Å². The maximum atomic E-state index is 5.81. The van der Waals surface area contributed by atoms with Gasteiger partial charge in [0.2, 0.25) is 5.95 Å². The summed E-state index contributed by atoms with van der Waals surface area (Å²) in [6.45, 7) is 2.09. The number of nitrogens with one attached hydrogen (secondary N) is 1. The lowest BCUT2D eigenvalue weighted by molar-refractivity contribution is 0.765. The van der Waals surface area contributed by atoms with E-state index >= 15 is 0 Å². The van der Waals surface area contributed by atoms with Crippen LogP contribution >= 0.6 is 23.1 Å². The van der Waals surface area contributed by atoms with E-state index in [1.165, 1.54) is 24.1 Å². The van der Waals surface area contributed by atoms with Crippen LogP contribution in [0.1, 0.15) is 24.1 Å². The summed E-state index contributed by atoms with van der Waals surface area (Å²) >= 11 is 3.61. The predicted octanol–water partition coefficient (Wildman–Crippen LogP) is 3.28. The number of thioether (sulfide) groups is 1. The van der Waals surface area contributed by atoms with Gasteiger partial charge in [0.15, 0.2) is 0 Å². The maximum Gasteiger partial charge on any atom is 0.223 e. The number of thiophene rings is 1. The number of hydrogen-bond donors (Lipinski definition) is 2. The summed E-state index contributed by atoms with van der Waals surface area (Å²) in [6, 6.07) is 2.64. The highest BCUT2D eigenvalue weighted by Gasteiger charge is 2.27. The number of hydrogen-bond acceptors (Lipinski definition) is 6. The molecule has 19 heavy (non-hydrogen) atoms. The van der Waals surface area contributed by atoms with Gasteiger partial charge in [-0.2, -0.15) is 16.7 Å². The van der Waals surface area contributed by atoms with E-state index < -0.39 is 0 Å². The number of aryl methyl sites for hydroxylation is 1. The molecule has 1 aliphatic carbocycles. The number of aromatic nitrogens is 2. The highest BCUT2D eigenvalue weighted by molar-refractivity contribution is 7.99. The third-order valence-corrected chi connectivity index (χ3v) is 5.72. The van der Waals surface area contributed by atoms with Crippen LogP contribution in [0.2, 0.25) is 0 Å². The molecule has 0 aliphatic heterocycles. The first-order valence-electron chi connectivity index (χ1n) is 6.50. The zero-order valence-corrected chi connectivity index (χ0v) is 12.8. The monoisotopic (exact) mass is 294 g/mol. The summed E-state index contributed by atoms with van der Waals surface area (Å²) in [5.74, 6) is 1.26. The van der Waals surface area contributed by atoms with Crippen molar-refractivity contribution < 1.29 is 0 Å². The molecule has 4 nitrogen and oxygen atoms in total.